The summed E-state index contributed by atoms with van der Waals surface area (Å²) in [6, 6.07) is 0. The Morgan fingerprint density at radius 2 is 2.15 bits per heavy atom. The van der Waals surface area contributed by atoms with Crippen molar-refractivity contribution >= 4 is 23.7 Å². The lowest BCUT2D eigenvalue weighted by molar-refractivity contribution is -0.141. The second-order valence-corrected chi connectivity index (χ2v) is 6.24. The molecule has 20 heavy (non-hydrogen) atoms. The molecule has 1 saturated heterocycles. The fraction of sp³-hybridized carbons (Fsp3) is 0.750. The monoisotopic (exact) mass is 329 g/mol. The van der Waals surface area contributed by atoms with Gasteiger partial charge in [0.05, 0.1) is 9.88 Å². The van der Waals surface area contributed by atoms with Crippen LogP contribution in [0, 0.1) is 12.8 Å². The minimum atomic E-state index is -4.34. The number of hydrogen-bond acceptors (Lipinski definition) is 4. The van der Waals surface area contributed by atoms with Crippen molar-refractivity contribution in [2.45, 2.75) is 26.1 Å². The van der Waals surface area contributed by atoms with E-state index in [9.17, 15) is 13.2 Å². The van der Waals surface area contributed by atoms with Crippen molar-refractivity contribution in [3.63, 3.8) is 0 Å². The van der Waals surface area contributed by atoms with Crippen LogP contribution in [-0.2, 0) is 12.7 Å². The quantitative estimate of drug-likeness (QED) is 0.920. The minimum Gasteiger partial charge on any atom is -0.319 e. The molecule has 1 N–H and O–H groups in total. The van der Waals surface area contributed by atoms with Crippen LogP contribution in [0.25, 0.3) is 0 Å². The number of aromatic nitrogens is 1. The van der Waals surface area contributed by atoms with Gasteiger partial charge in [-0.15, -0.1) is 23.7 Å². The average Bonchev–Trinajstić information content (AvgIpc) is 2.86. The first-order valence-corrected chi connectivity index (χ1v) is 7.12. The van der Waals surface area contributed by atoms with Gasteiger partial charge in [-0.1, -0.05) is 0 Å². The maximum absolute atomic E-state index is 12.8. The lowest BCUT2D eigenvalue weighted by atomic mass is 10.1. The van der Waals surface area contributed by atoms with Crippen LogP contribution in [0.4, 0.5) is 13.2 Å². The van der Waals surface area contributed by atoms with Crippen LogP contribution in [0.15, 0.2) is 0 Å². The smallest absolute Gasteiger partial charge is 0.319 e. The maximum atomic E-state index is 12.8. The second kappa shape index (κ2) is 7.06. The highest BCUT2D eigenvalue weighted by Crippen LogP contribution is 2.35. The van der Waals surface area contributed by atoms with Gasteiger partial charge in [0, 0.05) is 13.1 Å². The SMILES string of the molecule is CNCC1CCN(Cc2sc(C)nc2C(F)(F)F)C1.Cl. The highest BCUT2D eigenvalue weighted by molar-refractivity contribution is 7.11. The topological polar surface area (TPSA) is 28.2 Å². The van der Waals surface area contributed by atoms with E-state index in [0.717, 1.165) is 37.4 Å². The normalized spacial score (nSPS) is 20.1. The molecule has 2 heterocycles. The summed E-state index contributed by atoms with van der Waals surface area (Å²) in [6.45, 7) is 4.62. The summed E-state index contributed by atoms with van der Waals surface area (Å²) < 4.78 is 38.5. The largest absolute Gasteiger partial charge is 0.434 e. The summed E-state index contributed by atoms with van der Waals surface area (Å²) in [5.74, 6) is 0.536. The van der Waals surface area contributed by atoms with E-state index in [1.807, 2.05) is 7.05 Å². The van der Waals surface area contributed by atoms with Crippen molar-refractivity contribution < 1.29 is 13.2 Å². The average molecular weight is 330 g/mol. The Morgan fingerprint density at radius 3 is 2.75 bits per heavy atom. The molecule has 116 valence electrons. The fourth-order valence-corrected chi connectivity index (χ4v) is 3.51. The molecule has 1 atom stereocenters. The van der Waals surface area contributed by atoms with E-state index in [0.29, 0.717) is 22.3 Å². The molecular formula is C12H19ClF3N3S. The number of hydrogen-bond donors (Lipinski definition) is 1. The lowest BCUT2D eigenvalue weighted by Gasteiger charge is -2.16. The van der Waals surface area contributed by atoms with E-state index in [4.69, 9.17) is 0 Å². The van der Waals surface area contributed by atoms with Crippen LogP contribution >= 0.6 is 23.7 Å². The van der Waals surface area contributed by atoms with Gasteiger partial charge in [0.1, 0.15) is 0 Å². The Morgan fingerprint density at radius 1 is 1.45 bits per heavy atom. The van der Waals surface area contributed by atoms with Gasteiger partial charge in [-0.2, -0.15) is 13.2 Å². The summed E-state index contributed by atoms with van der Waals surface area (Å²) in [4.78, 5) is 6.06. The van der Waals surface area contributed by atoms with Crippen LogP contribution in [0.5, 0.6) is 0 Å². The summed E-state index contributed by atoms with van der Waals surface area (Å²) in [5, 5.41) is 3.60. The molecule has 0 spiro atoms. The number of nitrogens with zero attached hydrogens (tertiary/aromatic N) is 2. The molecule has 0 bridgehead atoms. The molecule has 1 aliphatic rings. The van der Waals surface area contributed by atoms with Gasteiger partial charge in [0.15, 0.2) is 5.69 Å². The summed E-state index contributed by atoms with van der Waals surface area (Å²) in [6.07, 6.45) is -3.30. The zero-order valence-electron chi connectivity index (χ0n) is 11.5. The molecule has 1 fully saturated rings. The van der Waals surface area contributed by atoms with Crippen molar-refractivity contribution in [3.05, 3.63) is 15.6 Å². The van der Waals surface area contributed by atoms with Crippen LogP contribution in [0.1, 0.15) is 22.0 Å². The Bertz CT molecular complexity index is 436. The highest BCUT2D eigenvalue weighted by Gasteiger charge is 2.37. The third kappa shape index (κ3) is 4.31. The standard InChI is InChI=1S/C12H18F3N3S.ClH/c1-8-17-11(12(13,14)15)10(19-8)7-18-4-3-9(6-18)5-16-2;/h9,16H,3-7H2,1-2H3;1H. The minimum absolute atomic E-state index is 0. The van der Waals surface area contributed by atoms with Gasteiger partial charge in [-0.05, 0) is 39.4 Å². The predicted octanol–water partition coefficient (Wildman–Crippen LogP) is 2.93. The molecule has 0 saturated carbocycles. The van der Waals surface area contributed by atoms with E-state index in [1.165, 1.54) is 0 Å². The van der Waals surface area contributed by atoms with Gasteiger partial charge in [-0.3, -0.25) is 4.90 Å². The molecule has 2 rings (SSSR count). The van der Waals surface area contributed by atoms with Gasteiger partial charge in [0.2, 0.25) is 0 Å². The Labute approximate surface area is 127 Å². The van der Waals surface area contributed by atoms with E-state index in [-0.39, 0.29) is 12.4 Å². The van der Waals surface area contributed by atoms with E-state index < -0.39 is 11.9 Å². The molecule has 8 heteroatoms. The van der Waals surface area contributed by atoms with Crippen LogP contribution in [0.2, 0.25) is 0 Å². The molecule has 1 aromatic rings. The highest BCUT2D eigenvalue weighted by atomic mass is 35.5. The number of nitrogens with one attached hydrogen (secondary N) is 1. The van der Waals surface area contributed by atoms with Gasteiger partial charge >= 0.3 is 6.18 Å². The summed E-state index contributed by atoms with van der Waals surface area (Å²) in [5.41, 5.74) is -0.702. The number of rotatable bonds is 4. The zero-order valence-corrected chi connectivity index (χ0v) is 13.1. The Hall–Kier alpha value is -0.370. The van der Waals surface area contributed by atoms with Crippen molar-refractivity contribution in [2.24, 2.45) is 5.92 Å². The molecule has 3 nitrogen and oxygen atoms in total. The van der Waals surface area contributed by atoms with Gasteiger partial charge in [0.25, 0.3) is 0 Å². The van der Waals surface area contributed by atoms with E-state index >= 15 is 0 Å². The molecule has 1 unspecified atom stereocenters. The first kappa shape index (κ1) is 17.7. The van der Waals surface area contributed by atoms with E-state index in [2.05, 4.69) is 15.2 Å². The molecule has 1 aliphatic heterocycles. The molecule has 0 radical (unpaired) electrons. The third-order valence-corrected chi connectivity index (χ3v) is 4.26. The number of alkyl halides is 3. The maximum Gasteiger partial charge on any atom is 0.434 e. The second-order valence-electron chi connectivity index (χ2n) is 4.95. The van der Waals surface area contributed by atoms with Crippen molar-refractivity contribution in [1.82, 2.24) is 15.2 Å². The molecule has 0 aromatic carbocycles. The number of likely N-dealkylation sites (tertiary alicyclic amines) is 1. The molecular weight excluding hydrogens is 311 g/mol. The van der Waals surface area contributed by atoms with Crippen LogP contribution in [-0.4, -0.2) is 36.6 Å². The Kier molecular flexibility index (Phi) is 6.25. The van der Waals surface area contributed by atoms with Crippen molar-refractivity contribution in [1.29, 1.82) is 0 Å². The number of halogens is 4. The van der Waals surface area contributed by atoms with Crippen LogP contribution in [0.3, 0.4) is 0 Å². The number of thiazole rings is 1. The first-order valence-electron chi connectivity index (χ1n) is 6.30. The molecule has 0 amide bonds. The van der Waals surface area contributed by atoms with Crippen LogP contribution < -0.4 is 5.32 Å². The summed E-state index contributed by atoms with van der Waals surface area (Å²) in [7, 11) is 1.90. The third-order valence-electron chi connectivity index (χ3n) is 3.30. The van der Waals surface area contributed by atoms with Crippen molar-refractivity contribution in [3.8, 4) is 0 Å². The molecule has 1 aromatic heterocycles. The van der Waals surface area contributed by atoms with Gasteiger partial charge in [-0.25, -0.2) is 4.98 Å². The lowest BCUT2D eigenvalue weighted by Crippen LogP contribution is -2.25. The summed E-state index contributed by atoms with van der Waals surface area (Å²) >= 11 is 1.15. The van der Waals surface area contributed by atoms with E-state index in [1.54, 1.807) is 6.92 Å². The predicted molar refractivity (Wildman–Crippen MR) is 76.4 cm³/mol. The van der Waals surface area contributed by atoms with Gasteiger partial charge < -0.3 is 5.32 Å². The van der Waals surface area contributed by atoms with Crippen molar-refractivity contribution in [2.75, 3.05) is 26.7 Å². The Balaban J connectivity index is 0.00000200. The first-order chi connectivity index (χ1) is 8.90. The zero-order chi connectivity index (χ0) is 14.0. The fourth-order valence-electron chi connectivity index (χ4n) is 2.51. The molecule has 0 aliphatic carbocycles. The number of aryl methyl sites for hydroxylation is 1.